The van der Waals surface area contributed by atoms with Crippen molar-refractivity contribution in [3.8, 4) is 17.2 Å². The maximum atomic E-state index is 11.7. The number of halogens is 2. The maximum absolute atomic E-state index is 11.7. The SMILES string of the molecule is CCOc1cc([C@H](C[N+](=O)[O-])Sc2nnc(C)n2-c2ccccc2)cc(Br)c1OCc1ccc(Br)cc1. The van der Waals surface area contributed by atoms with Crippen LogP contribution in [0.3, 0.4) is 0 Å². The molecule has 8 nitrogen and oxygen atoms in total. The maximum Gasteiger partial charge on any atom is 0.220 e. The molecule has 0 aliphatic carbocycles. The molecular weight excluding hydrogens is 624 g/mol. The van der Waals surface area contributed by atoms with Crippen LogP contribution in [0.15, 0.2) is 80.8 Å². The molecule has 1 heterocycles. The van der Waals surface area contributed by atoms with E-state index in [1.807, 2.05) is 85.1 Å². The molecule has 1 atom stereocenters. The average molecular weight is 648 g/mol. The van der Waals surface area contributed by atoms with Crippen molar-refractivity contribution < 1.29 is 14.4 Å². The first-order valence-corrected chi connectivity index (χ1v) is 13.9. The quantitative estimate of drug-likeness (QED) is 0.0966. The first-order valence-electron chi connectivity index (χ1n) is 11.4. The Morgan fingerprint density at radius 3 is 2.46 bits per heavy atom. The average Bonchev–Trinajstić information content (AvgIpc) is 3.24. The summed E-state index contributed by atoms with van der Waals surface area (Å²) in [6, 6.07) is 21.2. The summed E-state index contributed by atoms with van der Waals surface area (Å²) in [5.74, 6) is 1.75. The van der Waals surface area contributed by atoms with Gasteiger partial charge >= 0.3 is 0 Å². The highest BCUT2D eigenvalue weighted by Gasteiger charge is 2.26. The van der Waals surface area contributed by atoms with E-state index in [-0.39, 0.29) is 11.5 Å². The van der Waals surface area contributed by atoms with E-state index < -0.39 is 5.25 Å². The molecule has 0 aliphatic heterocycles. The fourth-order valence-electron chi connectivity index (χ4n) is 3.68. The summed E-state index contributed by atoms with van der Waals surface area (Å²) in [7, 11) is 0. The highest BCUT2D eigenvalue weighted by Crippen LogP contribution is 2.43. The second kappa shape index (κ2) is 12.6. The predicted molar refractivity (Wildman–Crippen MR) is 150 cm³/mol. The Balaban J connectivity index is 1.66. The zero-order valence-corrected chi connectivity index (χ0v) is 24.1. The van der Waals surface area contributed by atoms with Gasteiger partial charge in [-0.2, -0.15) is 0 Å². The van der Waals surface area contributed by atoms with Crippen molar-refractivity contribution in [3.63, 3.8) is 0 Å². The molecule has 0 amide bonds. The van der Waals surface area contributed by atoms with Crippen LogP contribution in [0.1, 0.15) is 29.1 Å². The van der Waals surface area contributed by atoms with Crippen LogP contribution in [-0.4, -0.2) is 32.8 Å². The van der Waals surface area contributed by atoms with Crippen molar-refractivity contribution in [2.45, 2.75) is 30.9 Å². The minimum Gasteiger partial charge on any atom is -0.490 e. The minimum atomic E-state index is -0.544. The Morgan fingerprint density at radius 2 is 1.78 bits per heavy atom. The van der Waals surface area contributed by atoms with E-state index in [4.69, 9.17) is 9.47 Å². The Kier molecular flexibility index (Phi) is 9.23. The number of ether oxygens (including phenoxy) is 2. The molecule has 0 fully saturated rings. The lowest BCUT2D eigenvalue weighted by atomic mass is 10.1. The number of hydrogen-bond acceptors (Lipinski definition) is 7. The van der Waals surface area contributed by atoms with Crippen molar-refractivity contribution in [1.29, 1.82) is 0 Å². The van der Waals surface area contributed by atoms with Crippen molar-refractivity contribution in [3.05, 3.63) is 103 Å². The van der Waals surface area contributed by atoms with E-state index in [0.29, 0.717) is 45.7 Å². The molecule has 4 aromatic rings. The third-order valence-electron chi connectivity index (χ3n) is 5.37. The van der Waals surface area contributed by atoms with Crippen LogP contribution in [0.4, 0.5) is 0 Å². The normalized spacial score (nSPS) is 11.8. The molecule has 0 saturated carbocycles. The molecule has 3 aromatic carbocycles. The molecule has 192 valence electrons. The number of aryl methyl sites for hydroxylation is 1. The lowest BCUT2D eigenvalue weighted by Gasteiger charge is -2.19. The first kappa shape index (κ1) is 27.2. The topological polar surface area (TPSA) is 92.3 Å². The summed E-state index contributed by atoms with van der Waals surface area (Å²) in [5, 5.41) is 20.2. The Labute approximate surface area is 235 Å². The molecule has 1 aromatic heterocycles. The lowest BCUT2D eigenvalue weighted by molar-refractivity contribution is -0.479. The number of hydrogen-bond donors (Lipinski definition) is 0. The van der Waals surface area contributed by atoms with Gasteiger partial charge in [0.2, 0.25) is 6.54 Å². The zero-order chi connectivity index (χ0) is 26.4. The van der Waals surface area contributed by atoms with Gasteiger partial charge < -0.3 is 9.47 Å². The van der Waals surface area contributed by atoms with Gasteiger partial charge in [-0.1, -0.05) is 58.0 Å². The molecule has 0 bridgehead atoms. The first-order chi connectivity index (χ1) is 17.9. The van der Waals surface area contributed by atoms with Gasteiger partial charge in [0.05, 0.1) is 11.1 Å². The molecule has 0 radical (unpaired) electrons. The zero-order valence-electron chi connectivity index (χ0n) is 20.1. The Morgan fingerprint density at radius 1 is 1.05 bits per heavy atom. The molecule has 4 rings (SSSR count). The van der Waals surface area contributed by atoms with Crippen LogP contribution in [0, 0.1) is 17.0 Å². The van der Waals surface area contributed by atoms with Gasteiger partial charge in [-0.25, -0.2) is 0 Å². The number of nitrogens with zero attached hydrogens (tertiary/aromatic N) is 4. The van der Waals surface area contributed by atoms with Crippen LogP contribution in [0.2, 0.25) is 0 Å². The van der Waals surface area contributed by atoms with E-state index in [2.05, 4.69) is 42.1 Å². The van der Waals surface area contributed by atoms with Crippen LogP contribution >= 0.6 is 43.6 Å². The number of thioether (sulfide) groups is 1. The highest BCUT2D eigenvalue weighted by atomic mass is 79.9. The third-order valence-corrected chi connectivity index (χ3v) is 7.67. The van der Waals surface area contributed by atoms with Gasteiger partial charge in [-0.3, -0.25) is 14.7 Å². The molecule has 0 saturated heterocycles. The van der Waals surface area contributed by atoms with Crippen LogP contribution in [0.5, 0.6) is 11.5 Å². The summed E-state index contributed by atoms with van der Waals surface area (Å²) in [6.45, 7) is 4.20. The molecule has 0 spiro atoms. The molecule has 0 unspecified atom stereocenters. The Bertz CT molecular complexity index is 1370. The van der Waals surface area contributed by atoms with Gasteiger partial charge in [-0.05, 0) is 77.3 Å². The Hall–Kier alpha value is -2.89. The van der Waals surface area contributed by atoms with Crippen molar-refractivity contribution in [2.24, 2.45) is 0 Å². The van der Waals surface area contributed by atoms with E-state index in [9.17, 15) is 10.1 Å². The summed E-state index contributed by atoms with van der Waals surface area (Å²) >= 11 is 8.33. The van der Waals surface area contributed by atoms with E-state index in [0.717, 1.165) is 15.7 Å². The van der Waals surface area contributed by atoms with Crippen LogP contribution in [-0.2, 0) is 6.61 Å². The number of nitro groups is 1. The largest absolute Gasteiger partial charge is 0.490 e. The summed E-state index contributed by atoms with van der Waals surface area (Å²) in [4.78, 5) is 11.3. The van der Waals surface area contributed by atoms with Crippen molar-refractivity contribution in [1.82, 2.24) is 14.8 Å². The highest BCUT2D eigenvalue weighted by molar-refractivity contribution is 9.10. The molecule has 0 N–H and O–H groups in total. The van der Waals surface area contributed by atoms with Crippen molar-refractivity contribution in [2.75, 3.05) is 13.2 Å². The second-order valence-corrected chi connectivity index (χ2v) is 10.9. The molecule has 11 heteroatoms. The number of aromatic nitrogens is 3. The summed E-state index contributed by atoms with van der Waals surface area (Å²) < 4.78 is 15.5. The summed E-state index contributed by atoms with van der Waals surface area (Å²) in [6.07, 6.45) is 0. The van der Waals surface area contributed by atoms with Gasteiger partial charge in [0.25, 0.3) is 0 Å². The van der Waals surface area contributed by atoms with Gasteiger partial charge in [-0.15, -0.1) is 10.2 Å². The van der Waals surface area contributed by atoms with Gasteiger partial charge in [0, 0.05) is 15.1 Å². The predicted octanol–water partition coefficient (Wildman–Crippen LogP) is 7.19. The van der Waals surface area contributed by atoms with Crippen molar-refractivity contribution >= 4 is 43.6 Å². The lowest BCUT2D eigenvalue weighted by Crippen LogP contribution is -2.12. The molecular formula is C26H24Br2N4O4S. The third kappa shape index (κ3) is 6.91. The number of benzene rings is 3. The standard InChI is InChI=1S/C26H24Br2N4O4S/c1-3-35-23-14-19(13-22(28)25(23)36-16-18-9-11-20(27)12-10-18)24(15-31(33)34)37-26-30-29-17(2)32(26)21-7-5-4-6-8-21/h4-14,24H,3,15-16H2,1-2H3/t24-/m0/s1. The second-order valence-electron chi connectivity index (χ2n) is 8.00. The van der Waals surface area contributed by atoms with Crippen LogP contribution in [0.25, 0.3) is 5.69 Å². The fourth-order valence-corrected chi connectivity index (χ4v) is 5.67. The summed E-state index contributed by atoms with van der Waals surface area (Å²) in [5.41, 5.74) is 2.60. The smallest absolute Gasteiger partial charge is 0.220 e. The van der Waals surface area contributed by atoms with E-state index in [1.54, 1.807) is 0 Å². The molecule has 37 heavy (non-hydrogen) atoms. The molecule has 0 aliphatic rings. The van der Waals surface area contributed by atoms with Gasteiger partial charge in [0.1, 0.15) is 17.7 Å². The van der Waals surface area contributed by atoms with Crippen LogP contribution < -0.4 is 9.47 Å². The van der Waals surface area contributed by atoms with E-state index in [1.165, 1.54) is 11.8 Å². The number of para-hydroxylation sites is 1. The fraction of sp³-hybridized carbons (Fsp3) is 0.231. The van der Waals surface area contributed by atoms with E-state index >= 15 is 0 Å². The number of rotatable bonds is 11. The monoisotopic (exact) mass is 646 g/mol. The minimum absolute atomic E-state index is 0.303. The van der Waals surface area contributed by atoms with Gasteiger partial charge in [0.15, 0.2) is 16.7 Å².